The summed E-state index contributed by atoms with van der Waals surface area (Å²) in [6, 6.07) is 4.29. The monoisotopic (exact) mass is 309 g/mol. The lowest BCUT2D eigenvalue weighted by molar-refractivity contribution is -0.868. The fourth-order valence-electron chi connectivity index (χ4n) is 2.80. The molecule has 1 aliphatic carbocycles. The molecular formula is C15H24ClN5. The summed E-state index contributed by atoms with van der Waals surface area (Å²) in [5.41, 5.74) is 10.8. The number of nitrogens with one attached hydrogen (secondary N) is 1. The number of hydrogen-bond donors (Lipinski definition) is 2. The van der Waals surface area contributed by atoms with Gasteiger partial charge in [0.2, 0.25) is 0 Å². The third kappa shape index (κ3) is 3.09. The number of hydrogen-bond acceptors (Lipinski definition) is 3. The number of aromatic nitrogens is 2. The van der Waals surface area contributed by atoms with Crippen molar-refractivity contribution in [3.63, 3.8) is 0 Å². The summed E-state index contributed by atoms with van der Waals surface area (Å²) >= 11 is 0. The number of halogens is 1. The Morgan fingerprint density at radius 2 is 2.05 bits per heavy atom. The van der Waals surface area contributed by atoms with Gasteiger partial charge in [-0.3, -0.25) is 0 Å². The molecule has 3 N–H and O–H groups in total. The van der Waals surface area contributed by atoms with Crippen molar-refractivity contribution in [3.8, 4) is 0 Å². The molecule has 116 valence electrons. The Morgan fingerprint density at radius 3 is 2.76 bits per heavy atom. The first-order chi connectivity index (χ1) is 9.46. The first-order valence-electron chi connectivity index (χ1n) is 7.29. The Morgan fingerprint density at radius 1 is 1.29 bits per heavy atom. The number of anilines is 2. The highest BCUT2D eigenvalue weighted by Gasteiger charge is 2.18. The summed E-state index contributed by atoms with van der Waals surface area (Å²) in [4.78, 5) is 0. The number of nitrogens with two attached hydrogens (primary N) is 1. The number of nitrogen functional groups attached to an aromatic ring is 1. The SMILES string of the molecule is C[N+](C)(C)CCNc1nn2c3c(ccc2c1N)CCC3.[Cl-]. The minimum absolute atomic E-state index is 0. The van der Waals surface area contributed by atoms with Crippen LogP contribution in [-0.2, 0) is 12.8 Å². The third-order valence-electron chi connectivity index (χ3n) is 3.96. The smallest absolute Gasteiger partial charge is 0.172 e. The summed E-state index contributed by atoms with van der Waals surface area (Å²) in [5, 5.41) is 8.05. The molecule has 0 unspecified atom stereocenters. The average Bonchev–Trinajstić information content (AvgIpc) is 2.93. The van der Waals surface area contributed by atoms with Gasteiger partial charge in [-0.1, -0.05) is 6.07 Å². The van der Waals surface area contributed by atoms with Crippen molar-refractivity contribution in [2.75, 3.05) is 45.3 Å². The van der Waals surface area contributed by atoms with Crippen molar-refractivity contribution >= 4 is 17.0 Å². The van der Waals surface area contributed by atoms with E-state index < -0.39 is 0 Å². The molecule has 0 fully saturated rings. The van der Waals surface area contributed by atoms with Crippen molar-refractivity contribution in [1.82, 2.24) is 9.61 Å². The van der Waals surface area contributed by atoms with Gasteiger partial charge in [0.1, 0.15) is 5.69 Å². The molecule has 2 aromatic rings. The van der Waals surface area contributed by atoms with Crippen molar-refractivity contribution in [1.29, 1.82) is 0 Å². The molecule has 0 saturated heterocycles. The molecule has 0 spiro atoms. The first kappa shape index (κ1) is 15.9. The number of aryl methyl sites for hydroxylation is 2. The lowest BCUT2D eigenvalue weighted by atomic mass is 10.2. The van der Waals surface area contributed by atoms with Crippen molar-refractivity contribution < 1.29 is 16.9 Å². The molecule has 0 aliphatic heterocycles. The van der Waals surface area contributed by atoms with Crippen LogP contribution in [0, 0.1) is 0 Å². The largest absolute Gasteiger partial charge is 1.00 e. The first-order valence-corrected chi connectivity index (χ1v) is 7.29. The number of nitrogens with zero attached hydrogens (tertiary/aromatic N) is 3. The molecule has 2 heterocycles. The average molecular weight is 310 g/mol. The van der Waals surface area contributed by atoms with E-state index in [-0.39, 0.29) is 12.4 Å². The normalized spacial score (nSPS) is 14.0. The zero-order chi connectivity index (χ0) is 14.3. The van der Waals surface area contributed by atoms with E-state index in [4.69, 9.17) is 5.73 Å². The van der Waals surface area contributed by atoms with Gasteiger partial charge in [0.15, 0.2) is 5.82 Å². The highest BCUT2D eigenvalue weighted by molar-refractivity contribution is 5.81. The Balaban J connectivity index is 0.00000161. The second kappa shape index (κ2) is 5.73. The highest BCUT2D eigenvalue weighted by atomic mass is 35.5. The van der Waals surface area contributed by atoms with Gasteiger partial charge >= 0.3 is 0 Å². The highest BCUT2D eigenvalue weighted by Crippen LogP contribution is 2.29. The third-order valence-corrected chi connectivity index (χ3v) is 3.96. The second-order valence-corrected chi connectivity index (χ2v) is 6.66. The molecule has 21 heavy (non-hydrogen) atoms. The minimum atomic E-state index is 0. The maximum absolute atomic E-state index is 6.23. The van der Waals surface area contributed by atoms with E-state index in [0.717, 1.165) is 47.4 Å². The van der Waals surface area contributed by atoms with Gasteiger partial charge in [0.05, 0.1) is 39.7 Å². The fourth-order valence-corrected chi connectivity index (χ4v) is 2.80. The van der Waals surface area contributed by atoms with Crippen LogP contribution in [0.25, 0.3) is 5.52 Å². The van der Waals surface area contributed by atoms with E-state index in [1.54, 1.807) is 0 Å². The van der Waals surface area contributed by atoms with Crippen molar-refractivity contribution in [3.05, 3.63) is 23.4 Å². The van der Waals surface area contributed by atoms with Crippen LogP contribution in [0.3, 0.4) is 0 Å². The van der Waals surface area contributed by atoms with Gasteiger partial charge in [-0.15, -0.1) is 5.10 Å². The maximum Gasteiger partial charge on any atom is 0.172 e. The molecule has 0 amide bonds. The molecule has 0 saturated carbocycles. The summed E-state index contributed by atoms with van der Waals surface area (Å²) in [7, 11) is 6.55. The summed E-state index contributed by atoms with van der Waals surface area (Å²) in [5.74, 6) is 0.818. The Bertz CT molecular complexity index is 642. The number of pyridine rings is 1. The molecule has 3 rings (SSSR count). The molecule has 5 nitrogen and oxygen atoms in total. The number of likely N-dealkylation sites (N-methyl/N-ethyl adjacent to an activating group) is 1. The zero-order valence-electron chi connectivity index (χ0n) is 13.0. The van der Waals surface area contributed by atoms with Crippen LogP contribution >= 0.6 is 0 Å². The Kier molecular flexibility index (Phi) is 4.35. The predicted molar refractivity (Wildman–Crippen MR) is 83.0 cm³/mol. The van der Waals surface area contributed by atoms with Crippen molar-refractivity contribution in [2.24, 2.45) is 0 Å². The van der Waals surface area contributed by atoms with Crippen LogP contribution in [0.2, 0.25) is 0 Å². The van der Waals surface area contributed by atoms with Gasteiger partial charge in [-0.05, 0) is 30.9 Å². The van der Waals surface area contributed by atoms with Gasteiger partial charge in [-0.2, -0.15) is 0 Å². The lowest BCUT2D eigenvalue weighted by Gasteiger charge is -2.23. The summed E-state index contributed by atoms with van der Waals surface area (Å²) in [6.45, 7) is 1.91. The molecule has 0 bridgehead atoms. The summed E-state index contributed by atoms with van der Waals surface area (Å²) in [6.07, 6.45) is 3.49. The zero-order valence-corrected chi connectivity index (χ0v) is 13.7. The van der Waals surface area contributed by atoms with E-state index in [1.807, 2.05) is 4.52 Å². The van der Waals surface area contributed by atoms with Gasteiger partial charge < -0.3 is 27.9 Å². The number of rotatable bonds is 4. The van der Waals surface area contributed by atoms with Gasteiger partial charge in [0.25, 0.3) is 0 Å². The Hall–Kier alpha value is -1.46. The lowest BCUT2D eigenvalue weighted by Crippen LogP contribution is -3.00. The predicted octanol–water partition coefficient (Wildman–Crippen LogP) is -1.47. The fraction of sp³-hybridized carbons (Fsp3) is 0.533. The quantitative estimate of drug-likeness (QED) is 0.678. The molecule has 6 heteroatoms. The molecule has 0 atom stereocenters. The maximum atomic E-state index is 6.23. The van der Waals surface area contributed by atoms with E-state index >= 15 is 0 Å². The second-order valence-electron chi connectivity index (χ2n) is 6.66. The van der Waals surface area contributed by atoms with Crippen molar-refractivity contribution in [2.45, 2.75) is 19.3 Å². The van der Waals surface area contributed by atoms with Crippen LogP contribution in [0.1, 0.15) is 17.7 Å². The summed E-state index contributed by atoms with van der Waals surface area (Å²) < 4.78 is 2.96. The van der Waals surface area contributed by atoms with Gasteiger partial charge in [0, 0.05) is 5.69 Å². The van der Waals surface area contributed by atoms with Crippen LogP contribution in [-0.4, -0.2) is 48.3 Å². The molecule has 0 aromatic carbocycles. The Labute approximate surface area is 132 Å². The molecular weight excluding hydrogens is 286 g/mol. The van der Waals surface area contributed by atoms with Crippen LogP contribution < -0.4 is 23.5 Å². The van der Waals surface area contributed by atoms with E-state index in [2.05, 4.69) is 43.7 Å². The van der Waals surface area contributed by atoms with Crippen LogP contribution in [0.4, 0.5) is 11.5 Å². The van der Waals surface area contributed by atoms with Crippen LogP contribution in [0.15, 0.2) is 12.1 Å². The topological polar surface area (TPSA) is 55.4 Å². The number of quaternary nitrogens is 1. The minimum Gasteiger partial charge on any atom is -1.00 e. The van der Waals surface area contributed by atoms with E-state index in [9.17, 15) is 0 Å². The van der Waals surface area contributed by atoms with Gasteiger partial charge in [-0.25, -0.2) is 4.52 Å². The molecule has 2 aromatic heterocycles. The van der Waals surface area contributed by atoms with E-state index in [0.29, 0.717) is 0 Å². The standard InChI is InChI=1S/C15H24N5.ClH/c1-20(2,3)10-9-17-15-14(16)13-8-7-11-5-4-6-12(11)19(13)18-15;/h7-8H,4-6,9-10,16H2,1-3H3,(H,17,18);1H/q+1;/p-1. The molecule has 0 radical (unpaired) electrons. The van der Waals surface area contributed by atoms with Crippen LogP contribution in [0.5, 0.6) is 0 Å². The molecule has 1 aliphatic rings. The van der Waals surface area contributed by atoms with E-state index in [1.165, 1.54) is 17.7 Å². The number of fused-ring (bicyclic) bond motifs is 3.